The Kier molecular flexibility index (Phi) is 2.67. The van der Waals surface area contributed by atoms with Crippen LogP contribution in [0.15, 0.2) is 28.7 Å². The van der Waals surface area contributed by atoms with Crippen molar-refractivity contribution in [3.8, 4) is 0 Å². The summed E-state index contributed by atoms with van der Waals surface area (Å²) >= 11 is 3.44. The maximum atomic E-state index is 3.57. The van der Waals surface area contributed by atoms with Crippen LogP contribution in [0.2, 0.25) is 0 Å². The van der Waals surface area contributed by atoms with Crippen molar-refractivity contribution in [1.29, 1.82) is 0 Å². The van der Waals surface area contributed by atoms with Gasteiger partial charge in [0.25, 0.3) is 0 Å². The fraction of sp³-hybridized carbons (Fsp3) is 0.500. The largest absolute Gasteiger partial charge is 0.309 e. The summed E-state index contributed by atoms with van der Waals surface area (Å²) in [6, 6.07) is 9.22. The molecule has 0 aliphatic heterocycles. The topological polar surface area (TPSA) is 12.0 Å². The van der Waals surface area contributed by atoms with Gasteiger partial charge in [-0.3, -0.25) is 0 Å². The molecule has 1 atom stereocenters. The van der Waals surface area contributed by atoms with E-state index in [9.17, 15) is 0 Å². The van der Waals surface area contributed by atoms with E-state index in [0.717, 1.165) is 11.0 Å². The first-order chi connectivity index (χ1) is 6.58. The lowest BCUT2D eigenvalue weighted by molar-refractivity contribution is 0.542. The quantitative estimate of drug-likeness (QED) is 0.872. The molecule has 1 nitrogen and oxygen atoms in total. The van der Waals surface area contributed by atoms with Crippen LogP contribution in [0.4, 0.5) is 0 Å². The number of halogens is 1. The molecule has 2 heteroatoms. The lowest BCUT2D eigenvalue weighted by Crippen LogP contribution is -2.19. The third-order valence-electron chi connectivity index (χ3n) is 2.98. The highest BCUT2D eigenvalue weighted by atomic mass is 79.9. The summed E-state index contributed by atoms with van der Waals surface area (Å²) in [4.78, 5) is 0. The van der Waals surface area contributed by atoms with Crippen molar-refractivity contribution in [2.24, 2.45) is 5.41 Å². The van der Waals surface area contributed by atoms with Crippen LogP contribution in [-0.4, -0.2) is 6.04 Å². The van der Waals surface area contributed by atoms with Gasteiger partial charge in [0.1, 0.15) is 0 Å². The fourth-order valence-electron chi connectivity index (χ4n) is 1.66. The van der Waals surface area contributed by atoms with Crippen molar-refractivity contribution in [2.45, 2.75) is 32.9 Å². The van der Waals surface area contributed by atoms with Crippen molar-refractivity contribution in [3.63, 3.8) is 0 Å². The van der Waals surface area contributed by atoms with Crippen molar-refractivity contribution in [2.75, 3.05) is 0 Å². The maximum absolute atomic E-state index is 3.57. The Labute approximate surface area is 94.0 Å². The van der Waals surface area contributed by atoms with Gasteiger partial charge in [0.15, 0.2) is 0 Å². The van der Waals surface area contributed by atoms with Crippen molar-refractivity contribution >= 4 is 15.9 Å². The van der Waals surface area contributed by atoms with E-state index in [1.807, 2.05) is 0 Å². The zero-order valence-electron chi connectivity index (χ0n) is 8.68. The number of hydrogen-bond donors (Lipinski definition) is 1. The van der Waals surface area contributed by atoms with E-state index in [4.69, 9.17) is 0 Å². The van der Waals surface area contributed by atoms with Crippen LogP contribution in [-0.2, 0) is 6.54 Å². The summed E-state index contributed by atoms with van der Waals surface area (Å²) in [5.41, 5.74) is 1.88. The van der Waals surface area contributed by atoms with Crippen LogP contribution >= 0.6 is 15.9 Å². The first-order valence-corrected chi connectivity index (χ1v) is 5.85. The highest BCUT2D eigenvalue weighted by Crippen LogP contribution is 2.44. The molecule has 1 saturated carbocycles. The molecule has 1 unspecified atom stereocenters. The Morgan fingerprint density at radius 2 is 1.93 bits per heavy atom. The van der Waals surface area contributed by atoms with Crippen molar-refractivity contribution in [3.05, 3.63) is 34.3 Å². The van der Waals surface area contributed by atoms with Crippen LogP contribution in [0.1, 0.15) is 25.8 Å². The van der Waals surface area contributed by atoms with Crippen LogP contribution < -0.4 is 5.32 Å². The summed E-state index contributed by atoms with van der Waals surface area (Å²) in [7, 11) is 0. The number of benzene rings is 1. The van der Waals surface area contributed by atoms with Crippen LogP contribution in [0, 0.1) is 5.41 Å². The minimum absolute atomic E-state index is 0.523. The molecule has 1 aromatic carbocycles. The van der Waals surface area contributed by atoms with Gasteiger partial charge < -0.3 is 5.32 Å². The Morgan fingerprint density at radius 3 is 2.43 bits per heavy atom. The summed E-state index contributed by atoms with van der Waals surface area (Å²) in [5.74, 6) is 0. The monoisotopic (exact) mass is 253 g/mol. The third kappa shape index (κ3) is 2.37. The molecule has 0 spiro atoms. The molecular formula is C12H16BrN. The average Bonchev–Trinajstić information content (AvgIpc) is 2.73. The molecule has 0 bridgehead atoms. The molecule has 0 radical (unpaired) electrons. The smallest absolute Gasteiger partial charge is 0.0208 e. The molecule has 1 aromatic rings. The van der Waals surface area contributed by atoms with Crippen LogP contribution in [0.3, 0.4) is 0 Å². The highest BCUT2D eigenvalue weighted by Gasteiger charge is 2.44. The molecule has 1 fully saturated rings. The Balaban J connectivity index is 1.84. The summed E-state index contributed by atoms with van der Waals surface area (Å²) in [5, 5.41) is 3.57. The summed E-state index contributed by atoms with van der Waals surface area (Å²) in [6.07, 6.45) is 1.31. The summed E-state index contributed by atoms with van der Waals surface area (Å²) in [6.45, 7) is 5.61. The second-order valence-corrected chi connectivity index (χ2v) is 5.67. The van der Waals surface area contributed by atoms with Gasteiger partial charge >= 0.3 is 0 Å². The normalized spacial score (nSPS) is 23.5. The third-order valence-corrected chi connectivity index (χ3v) is 3.51. The zero-order valence-corrected chi connectivity index (χ0v) is 10.3. The SMILES string of the molecule is CC1(C)CC1NCc1ccc(Br)cc1. The molecule has 76 valence electrons. The molecule has 1 N–H and O–H groups in total. The van der Waals surface area contributed by atoms with Gasteiger partial charge in [0.2, 0.25) is 0 Å². The minimum Gasteiger partial charge on any atom is -0.309 e. The van der Waals surface area contributed by atoms with Crippen molar-refractivity contribution in [1.82, 2.24) is 5.32 Å². The Bertz CT molecular complexity index is 316. The van der Waals surface area contributed by atoms with E-state index >= 15 is 0 Å². The molecule has 0 amide bonds. The minimum atomic E-state index is 0.523. The van der Waals surface area contributed by atoms with Gasteiger partial charge in [-0.05, 0) is 29.5 Å². The molecule has 0 heterocycles. The number of hydrogen-bond acceptors (Lipinski definition) is 1. The van der Waals surface area contributed by atoms with Gasteiger partial charge in [-0.15, -0.1) is 0 Å². The Hall–Kier alpha value is -0.340. The molecule has 0 aromatic heterocycles. The predicted octanol–water partition coefficient (Wildman–Crippen LogP) is 3.34. The predicted molar refractivity (Wildman–Crippen MR) is 63.2 cm³/mol. The summed E-state index contributed by atoms with van der Waals surface area (Å²) < 4.78 is 1.15. The van der Waals surface area contributed by atoms with Gasteiger partial charge in [0.05, 0.1) is 0 Å². The number of rotatable bonds is 3. The first kappa shape index (κ1) is 10.2. The van der Waals surface area contributed by atoms with Crippen molar-refractivity contribution < 1.29 is 0 Å². The van der Waals surface area contributed by atoms with E-state index in [0.29, 0.717) is 11.5 Å². The van der Waals surface area contributed by atoms with E-state index in [1.54, 1.807) is 0 Å². The Morgan fingerprint density at radius 1 is 1.36 bits per heavy atom. The second-order valence-electron chi connectivity index (χ2n) is 4.75. The second kappa shape index (κ2) is 3.67. The highest BCUT2D eigenvalue weighted by molar-refractivity contribution is 9.10. The standard InChI is InChI=1S/C12H16BrN/c1-12(2)7-11(12)14-8-9-3-5-10(13)6-4-9/h3-6,11,14H,7-8H2,1-2H3. The lowest BCUT2D eigenvalue weighted by atomic mass is 10.2. The molecule has 1 aliphatic carbocycles. The van der Waals surface area contributed by atoms with Gasteiger partial charge in [0, 0.05) is 17.1 Å². The van der Waals surface area contributed by atoms with Gasteiger partial charge in [-0.1, -0.05) is 41.9 Å². The van der Waals surface area contributed by atoms with E-state index in [-0.39, 0.29) is 0 Å². The first-order valence-electron chi connectivity index (χ1n) is 5.06. The molecular weight excluding hydrogens is 238 g/mol. The van der Waals surface area contributed by atoms with E-state index in [1.165, 1.54) is 12.0 Å². The van der Waals surface area contributed by atoms with Gasteiger partial charge in [-0.25, -0.2) is 0 Å². The fourth-order valence-corrected chi connectivity index (χ4v) is 1.92. The lowest BCUT2D eigenvalue weighted by Gasteiger charge is -2.06. The average molecular weight is 254 g/mol. The van der Waals surface area contributed by atoms with Gasteiger partial charge in [-0.2, -0.15) is 0 Å². The van der Waals surface area contributed by atoms with E-state index < -0.39 is 0 Å². The molecule has 1 aliphatic rings. The van der Waals surface area contributed by atoms with Crippen LogP contribution in [0.25, 0.3) is 0 Å². The number of nitrogens with one attached hydrogen (secondary N) is 1. The van der Waals surface area contributed by atoms with Crippen LogP contribution in [0.5, 0.6) is 0 Å². The zero-order chi connectivity index (χ0) is 10.2. The van der Waals surface area contributed by atoms with E-state index in [2.05, 4.69) is 59.4 Å². The molecule has 14 heavy (non-hydrogen) atoms. The molecule has 0 saturated heterocycles. The molecule has 2 rings (SSSR count). The maximum Gasteiger partial charge on any atom is 0.0208 e.